The summed E-state index contributed by atoms with van der Waals surface area (Å²) < 4.78 is 0. The number of benzene rings is 2. The predicted molar refractivity (Wildman–Crippen MR) is 104 cm³/mol. The summed E-state index contributed by atoms with van der Waals surface area (Å²) in [6.45, 7) is 5.08. The number of carbonyl (C=O) groups is 2. The zero-order valence-corrected chi connectivity index (χ0v) is 15.3. The van der Waals surface area contributed by atoms with E-state index in [1.165, 1.54) is 0 Å². The molecule has 0 spiro atoms. The standard InChI is InChI=1S/C21H25N3O2/c1-15(2)20(25)24-12-6-9-17-13-18(10-11-19(17)24)23-21(26)22-14-16-7-4-3-5-8-16/h3-5,7-8,10-11,13,15H,6,9,12,14H2,1-2H3,(H2,22,23,26). The molecular formula is C21H25N3O2. The lowest BCUT2D eigenvalue weighted by Crippen LogP contribution is -2.38. The van der Waals surface area contributed by atoms with Gasteiger partial charge in [0.2, 0.25) is 5.91 Å². The molecule has 136 valence electrons. The first-order valence-corrected chi connectivity index (χ1v) is 9.07. The number of amides is 3. The van der Waals surface area contributed by atoms with E-state index in [-0.39, 0.29) is 17.9 Å². The Morgan fingerprint density at radius 3 is 2.62 bits per heavy atom. The molecule has 0 bridgehead atoms. The zero-order chi connectivity index (χ0) is 18.5. The molecular weight excluding hydrogens is 326 g/mol. The molecule has 1 aliphatic heterocycles. The zero-order valence-electron chi connectivity index (χ0n) is 15.3. The number of hydrogen-bond acceptors (Lipinski definition) is 2. The Kier molecular flexibility index (Phi) is 5.56. The molecule has 2 aromatic rings. The first-order valence-electron chi connectivity index (χ1n) is 9.07. The second-order valence-electron chi connectivity index (χ2n) is 6.88. The van der Waals surface area contributed by atoms with E-state index in [0.29, 0.717) is 6.54 Å². The van der Waals surface area contributed by atoms with E-state index in [9.17, 15) is 9.59 Å². The fourth-order valence-electron chi connectivity index (χ4n) is 3.17. The summed E-state index contributed by atoms with van der Waals surface area (Å²) in [6.07, 6.45) is 1.85. The third-order valence-electron chi connectivity index (χ3n) is 4.51. The van der Waals surface area contributed by atoms with E-state index < -0.39 is 0 Å². The summed E-state index contributed by atoms with van der Waals surface area (Å²) in [6, 6.07) is 15.3. The van der Waals surface area contributed by atoms with Gasteiger partial charge in [0.05, 0.1) is 0 Å². The van der Waals surface area contributed by atoms with Crippen LogP contribution >= 0.6 is 0 Å². The lowest BCUT2D eigenvalue weighted by molar-refractivity contribution is -0.121. The minimum absolute atomic E-state index is 0.0254. The highest BCUT2D eigenvalue weighted by atomic mass is 16.2. The van der Waals surface area contributed by atoms with Gasteiger partial charge < -0.3 is 15.5 Å². The average molecular weight is 351 g/mol. The van der Waals surface area contributed by atoms with Crippen molar-refractivity contribution in [3.05, 3.63) is 59.7 Å². The number of carbonyl (C=O) groups excluding carboxylic acids is 2. The Bertz CT molecular complexity index is 787. The molecule has 0 aliphatic carbocycles. The molecule has 3 rings (SSSR count). The van der Waals surface area contributed by atoms with Crippen LogP contribution in [0, 0.1) is 5.92 Å². The van der Waals surface area contributed by atoms with Crippen molar-refractivity contribution in [2.75, 3.05) is 16.8 Å². The topological polar surface area (TPSA) is 61.4 Å². The SMILES string of the molecule is CC(C)C(=O)N1CCCc2cc(NC(=O)NCc3ccccc3)ccc21. The molecule has 0 radical (unpaired) electrons. The maximum Gasteiger partial charge on any atom is 0.319 e. The predicted octanol–water partition coefficient (Wildman–Crippen LogP) is 3.94. The highest BCUT2D eigenvalue weighted by molar-refractivity contribution is 5.96. The Morgan fingerprint density at radius 2 is 1.88 bits per heavy atom. The molecule has 26 heavy (non-hydrogen) atoms. The van der Waals surface area contributed by atoms with Gasteiger partial charge in [-0.3, -0.25) is 4.79 Å². The van der Waals surface area contributed by atoms with E-state index in [1.54, 1.807) is 0 Å². The van der Waals surface area contributed by atoms with Crippen LogP contribution in [0.15, 0.2) is 48.5 Å². The van der Waals surface area contributed by atoms with Crippen LogP contribution in [0.5, 0.6) is 0 Å². The van der Waals surface area contributed by atoms with Crippen molar-refractivity contribution in [1.29, 1.82) is 0 Å². The van der Waals surface area contributed by atoms with Crippen molar-refractivity contribution < 1.29 is 9.59 Å². The maximum absolute atomic E-state index is 12.4. The van der Waals surface area contributed by atoms with Gasteiger partial charge in [-0.1, -0.05) is 44.2 Å². The van der Waals surface area contributed by atoms with Crippen LogP contribution in [0.25, 0.3) is 0 Å². The lowest BCUT2D eigenvalue weighted by atomic mass is 9.99. The summed E-state index contributed by atoms with van der Waals surface area (Å²) in [4.78, 5) is 26.4. The summed E-state index contributed by atoms with van der Waals surface area (Å²) >= 11 is 0. The van der Waals surface area contributed by atoms with Crippen LogP contribution in [-0.2, 0) is 17.8 Å². The Morgan fingerprint density at radius 1 is 1.12 bits per heavy atom. The molecule has 1 heterocycles. The third-order valence-corrected chi connectivity index (χ3v) is 4.51. The van der Waals surface area contributed by atoms with Crippen LogP contribution < -0.4 is 15.5 Å². The second-order valence-corrected chi connectivity index (χ2v) is 6.88. The minimum atomic E-state index is -0.236. The van der Waals surface area contributed by atoms with E-state index in [4.69, 9.17) is 0 Å². The summed E-state index contributed by atoms with van der Waals surface area (Å²) in [7, 11) is 0. The number of aryl methyl sites for hydroxylation is 1. The first kappa shape index (κ1) is 18.0. The Labute approximate surface area is 154 Å². The molecule has 3 amide bonds. The van der Waals surface area contributed by atoms with Gasteiger partial charge in [-0.2, -0.15) is 0 Å². The summed E-state index contributed by atoms with van der Waals surface area (Å²) in [5.74, 6) is 0.120. The fraction of sp³-hybridized carbons (Fsp3) is 0.333. The highest BCUT2D eigenvalue weighted by Gasteiger charge is 2.24. The number of fused-ring (bicyclic) bond motifs is 1. The number of rotatable bonds is 4. The molecule has 0 atom stereocenters. The molecule has 0 unspecified atom stereocenters. The molecule has 0 fully saturated rings. The van der Waals surface area contributed by atoms with Crippen LogP contribution in [0.3, 0.4) is 0 Å². The minimum Gasteiger partial charge on any atom is -0.334 e. The maximum atomic E-state index is 12.4. The van der Waals surface area contributed by atoms with Gasteiger partial charge in [0.25, 0.3) is 0 Å². The van der Waals surface area contributed by atoms with E-state index in [0.717, 1.165) is 41.9 Å². The van der Waals surface area contributed by atoms with Crippen molar-refractivity contribution in [1.82, 2.24) is 5.32 Å². The van der Waals surface area contributed by atoms with Gasteiger partial charge in [0.1, 0.15) is 0 Å². The number of urea groups is 1. The number of nitrogens with one attached hydrogen (secondary N) is 2. The molecule has 5 heteroatoms. The third kappa shape index (κ3) is 4.23. The molecule has 2 N–H and O–H groups in total. The van der Waals surface area contributed by atoms with Crippen LogP contribution in [0.2, 0.25) is 0 Å². The van der Waals surface area contributed by atoms with E-state index in [2.05, 4.69) is 10.6 Å². The first-order chi connectivity index (χ1) is 12.5. The van der Waals surface area contributed by atoms with Crippen LogP contribution in [0.1, 0.15) is 31.4 Å². The monoisotopic (exact) mass is 351 g/mol. The molecule has 1 aliphatic rings. The van der Waals surface area contributed by atoms with Crippen LogP contribution in [-0.4, -0.2) is 18.5 Å². The van der Waals surface area contributed by atoms with Gasteiger partial charge >= 0.3 is 6.03 Å². The molecule has 0 saturated carbocycles. The van der Waals surface area contributed by atoms with Crippen molar-refractivity contribution in [2.24, 2.45) is 5.92 Å². The van der Waals surface area contributed by atoms with Crippen LogP contribution in [0.4, 0.5) is 16.2 Å². The van der Waals surface area contributed by atoms with Gasteiger partial charge in [-0.15, -0.1) is 0 Å². The van der Waals surface area contributed by atoms with Gasteiger partial charge in [-0.25, -0.2) is 4.79 Å². The number of nitrogens with zero attached hydrogens (tertiary/aromatic N) is 1. The molecule has 0 saturated heterocycles. The van der Waals surface area contributed by atoms with Crippen molar-refractivity contribution in [2.45, 2.75) is 33.2 Å². The molecule has 2 aromatic carbocycles. The van der Waals surface area contributed by atoms with Gasteiger partial charge in [0, 0.05) is 30.4 Å². The van der Waals surface area contributed by atoms with E-state index in [1.807, 2.05) is 67.3 Å². The largest absolute Gasteiger partial charge is 0.334 e. The van der Waals surface area contributed by atoms with Gasteiger partial charge in [-0.05, 0) is 42.2 Å². The van der Waals surface area contributed by atoms with Gasteiger partial charge in [0.15, 0.2) is 0 Å². The van der Waals surface area contributed by atoms with E-state index >= 15 is 0 Å². The normalized spacial score (nSPS) is 13.3. The molecule has 5 nitrogen and oxygen atoms in total. The quantitative estimate of drug-likeness (QED) is 0.876. The highest BCUT2D eigenvalue weighted by Crippen LogP contribution is 2.30. The smallest absolute Gasteiger partial charge is 0.319 e. The van der Waals surface area contributed by atoms with Crippen molar-refractivity contribution in [3.8, 4) is 0 Å². The fourth-order valence-corrected chi connectivity index (χ4v) is 3.17. The summed E-state index contributed by atoms with van der Waals surface area (Å²) in [5.41, 5.74) is 3.86. The average Bonchev–Trinajstić information content (AvgIpc) is 2.66. The number of anilines is 2. The second kappa shape index (κ2) is 8.04. The Balaban J connectivity index is 1.65. The van der Waals surface area contributed by atoms with Crippen molar-refractivity contribution in [3.63, 3.8) is 0 Å². The van der Waals surface area contributed by atoms with Crippen molar-refractivity contribution >= 4 is 23.3 Å². The molecule has 0 aromatic heterocycles. The summed E-state index contributed by atoms with van der Waals surface area (Å²) in [5, 5.41) is 5.73. The lowest BCUT2D eigenvalue weighted by Gasteiger charge is -2.31. The number of hydrogen-bond donors (Lipinski definition) is 2. The Hall–Kier alpha value is -2.82.